The fraction of sp³-hybridized carbons (Fsp3) is 0.0909. The molecule has 27 heavy (non-hydrogen) atoms. The van der Waals surface area contributed by atoms with E-state index in [9.17, 15) is 4.79 Å². The highest BCUT2D eigenvalue weighted by molar-refractivity contribution is 6.34. The van der Waals surface area contributed by atoms with Crippen LogP contribution in [0.3, 0.4) is 0 Å². The fourth-order valence-electron chi connectivity index (χ4n) is 3.21. The number of fused-ring (bicyclic) bond motifs is 1. The lowest BCUT2D eigenvalue weighted by Crippen LogP contribution is -2.21. The molecule has 0 fully saturated rings. The Morgan fingerprint density at radius 3 is 2.19 bits per heavy atom. The van der Waals surface area contributed by atoms with Gasteiger partial charge in [0.05, 0.1) is 22.3 Å². The van der Waals surface area contributed by atoms with Gasteiger partial charge in [0.1, 0.15) is 5.84 Å². The van der Waals surface area contributed by atoms with Crippen LogP contribution in [0.5, 0.6) is 0 Å². The average Bonchev–Trinajstić information content (AvgIpc) is 2.69. The smallest absolute Gasteiger partial charge is 0.335 e. The van der Waals surface area contributed by atoms with Gasteiger partial charge in [0.15, 0.2) is 0 Å². The highest BCUT2D eigenvalue weighted by Gasteiger charge is 2.20. The number of nitrogens with one attached hydrogen (secondary N) is 1. The predicted octanol–water partition coefficient (Wildman–Crippen LogP) is 5.64. The van der Waals surface area contributed by atoms with E-state index in [1.807, 2.05) is 61.5 Å². The third-order valence-electron chi connectivity index (χ3n) is 4.69. The molecule has 0 amide bonds. The van der Waals surface area contributed by atoms with Crippen LogP contribution in [0.4, 0.5) is 5.69 Å². The average molecular weight is 377 g/mol. The molecule has 0 spiro atoms. The summed E-state index contributed by atoms with van der Waals surface area (Å²) in [7, 11) is 0. The molecule has 0 aromatic heterocycles. The Morgan fingerprint density at radius 2 is 1.56 bits per heavy atom. The second-order valence-electron chi connectivity index (χ2n) is 6.44. The van der Waals surface area contributed by atoms with Crippen molar-refractivity contribution in [2.24, 2.45) is 4.99 Å². The van der Waals surface area contributed by atoms with Crippen LogP contribution in [-0.4, -0.2) is 16.9 Å². The molecule has 134 valence electrons. The van der Waals surface area contributed by atoms with Crippen molar-refractivity contribution in [3.8, 4) is 11.1 Å². The topological polar surface area (TPSA) is 61.7 Å². The molecule has 3 aromatic rings. The summed E-state index contributed by atoms with van der Waals surface area (Å²) in [6.07, 6.45) is 0. The fourth-order valence-corrected chi connectivity index (χ4v) is 3.44. The van der Waals surface area contributed by atoms with E-state index in [1.165, 1.54) is 0 Å². The van der Waals surface area contributed by atoms with Gasteiger partial charge in [-0.3, -0.25) is 4.99 Å². The number of carbonyl (C=O) groups is 1. The van der Waals surface area contributed by atoms with Gasteiger partial charge in [0, 0.05) is 11.1 Å². The van der Waals surface area contributed by atoms with Gasteiger partial charge in [-0.15, -0.1) is 0 Å². The van der Waals surface area contributed by atoms with E-state index in [-0.39, 0.29) is 11.6 Å². The SMILES string of the molecule is CC1N=C(c2ccc(-c3ccc(C(=O)O)cc3)cc2)Nc2c(Cl)cccc21. The molecule has 1 heterocycles. The van der Waals surface area contributed by atoms with Gasteiger partial charge in [-0.1, -0.05) is 60.1 Å². The molecule has 0 aliphatic carbocycles. The minimum Gasteiger partial charge on any atom is -0.478 e. The molecular weight excluding hydrogens is 360 g/mol. The van der Waals surface area contributed by atoms with Gasteiger partial charge in [0.25, 0.3) is 0 Å². The zero-order valence-electron chi connectivity index (χ0n) is 14.6. The molecule has 4 nitrogen and oxygen atoms in total. The van der Waals surface area contributed by atoms with Crippen LogP contribution >= 0.6 is 11.6 Å². The maximum atomic E-state index is 11.0. The number of rotatable bonds is 3. The number of hydrogen-bond acceptors (Lipinski definition) is 3. The first-order valence-electron chi connectivity index (χ1n) is 8.60. The van der Waals surface area contributed by atoms with Gasteiger partial charge < -0.3 is 10.4 Å². The Balaban J connectivity index is 1.61. The number of para-hydroxylation sites is 1. The quantitative estimate of drug-likeness (QED) is 0.621. The summed E-state index contributed by atoms with van der Waals surface area (Å²) in [5.74, 6) is -0.137. The normalized spacial score (nSPS) is 15.5. The maximum Gasteiger partial charge on any atom is 0.335 e. The molecular formula is C22H17ClN2O2. The summed E-state index contributed by atoms with van der Waals surface area (Å²) in [5, 5.41) is 13.0. The van der Waals surface area contributed by atoms with Crippen molar-refractivity contribution in [3.63, 3.8) is 0 Å². The zero-order chi connectivity index (χ0) is 19.0. The van der Waals surface area contributed by atoms with E-state index in [4.69, 9.17) is 21.7 Å². The van der Waals surface area contributed by atoms with Gasteiger partial charge in [-0.25, -0.2) is 4.79 Å². The number of halogens is 1. The highest BCUT2D eigenvalue weighted by atomic mass is 35.5. The number of carboxylic acid groups (broad SMARTS) is 1. The Hall–Kier alpha value is -3.11. The van der Waals surface area contributed by atoms with Crippen molar-refractivity contribution in [1.82, 2.24) is 0 Å². The van der Waals surface area contributed by atoms with Crippen LogP contribution in [0.1, 0.15) is 34.5 Å². The van der Waals surface area contributed by atoms with Crippen molar-refractivity contribution >= 4 is 29.1 Å². The van der Waals surface area contributed by atoms with Crippen molar-refractivity contribution in [2.45, 2.75) is 13.0 Å². The molecule has 1 aliphatic heterocycles. The molecule has 4 rings (SSSR count). The Labute approximate surface area is 162 Å². The lowest BCUT2D eigenvalue weighted by Gasteiger charge is -2.24. The number of anilines is 1. The number of benzene rings is 3. The molecule has 1 aliphatic rings. The number of aliphatic imine (C=N–C) groups is 1. The Bertz CT molecular complexity index is 1040. The molecule has 0 bridgehead atoms. The summed E-state index contributed by atoms with van der Waals surface area (Å²) in [5.41, 5.74) is 5.22. The summed E-state index contributed by atoms with van der Waals surface area (Å²) in [4.78, 5) is 15.7. The third-order valence-corrected chi connectivity index (χ3v) is 5.00. The van der Waals surface area contributed by atoms with E-state index >= 15 is 0 Å². The van der Waals surface area contributed by atoms with Crippen molar-refractivity contribution in [1.29, 1.82) is 0 Å². The molecule has 1 unspecified atom stereocenters. The minimum absolute atomic E-state index is 0.0261. The summed E-state index contributed by atoms with van der Waals surface area (Å²) in [6, 6.07) is 20.7. The zero-order valence-corrected chi connectivity index (χ0v) is 15.4. The maximum absolute atomic E-state index is 11.0. The van der Waals surface area contributed by atoms with Crippen LogP contribution < -0.4 is 5.32 Å². The largest absolute Gasteiger partial charge is 0.478 e. The molecule has 5 heteroatoms. The second-order valence-corrected chi connectivity index (χ2v) is 6.85. The van der Waals surface area contributed by atoms with E-state index in [1.54, 1.807) is 12.1 Å². The van der Waals surface area contributed by atoms with Crippen molar-refractivity contribution in [3.05, 3.63) is 88.4 Å². The first-order valence-corrected chi connectivity index (χ1v) is 8.98. The Kier molecular flexibility index (Phi) is 4.42. The monoisotopic (exact) mass is 376 g/mol. The summed E-state index contributed by atoms with van der Waals surface area (Å²) < 4.78 is 0. The summed E-state index contributed by atoms with van der Waals surface area (Å²) in [6.45, 7) is 2.05. The number of aromatic carboxylic acids is 1. The molecule has 0 radical (unpaired) electrons. The number of nitrogens with zero attached hydrogens (tertiary/aromatic N) is 1. The van der Waals surface area contributed by atoms with Gasteiger partial charge >= 0.3 is 5.97 Å². The van der Waals surface area contributed by atoms with Crippen LogP contribution in [0.15, 0.2) is 71.7 Å². The van der Waals surface area contributed by atoms with E-state index in [0.717, 1.165) is 33.8 Å². The number of hydrogen-bond donors (Lipinski definition) is 2. The van der Waals surface area contributed by atoms with Gasteiger partial charge in [-0.2, -0.15) is 0 Å². The first-order chi connectivity index (χ1) is 13.0. The van der Waals surface area contributed by atoms with Crippen LogP contribution in [0.25, 0.3) is 11.1 Å². The molecule has 1 atom stereocenters. The lowest BCUT2D eigenvalue weighted by molar-refractivity contribution is 0.0697. The summed E-state index contributed by atoms with van der Waals surface area (Å²) >= 11 is 6.34. The number of amidine groups is 1. The second kappa shape index (κ2) is 6.89. The van der Waals surface area contributed by atoms with E-state index in [2.05, 4.69) is 5.32 Å². The molecule has 0 saturated heterocycles. The van der Waals surface area contributed by atoms with Crippen LogP contribution in [-0.2, 0) is 0 Å². The number of carboxylic acids is 1. The van der Waals surface area contributed by atoms with Crippen LogP contribution in [0, 0.1) is 0 Å². The van der Waals surface area contributed by atoms with E-state index in [0.29, 0.717) is 5.02 Å². The van der Waals surface area contributed by atoms with E-state index < -0.39 is 5.97 Å². The van der Waals surface area contributed by atoms with Crippen molar-refractivity contribution in [2.75, 3.05) is 5.32 Å². The standard InChI is InChI=1S/C22H17ClN2O2/c1-13-18-3-2-4-19(23)20(18)25-21(24-13)16-9-5-14(6-10-16)15-7-11-17(12-8-15)22(26)27/h2-13H,1H3,(H,24,25)(H,26,27). The molecule has 0 saturated carbocycles. The highest BCUT2D eigenvalue weighted by Crippen LogP contribution is 2.36. The first kappa shape index (κ1) is 17.3. The van der Waals surface area contributed by atoms with Gasteiger partial charge in [0.2, 0.25) is 0 Å². The van der Waals surface area contributed by atoms with Gasteiger partial charge in [-0.05, 0) is 36.2 Å². The van der Waals surface area contributed by atoms with Crippen LogP contribution in [0.2, 0.25) is 5.02 Å². The molecule has 3 aromatic carbocycles. The van der Waals surface area contributed by atoms with Crippen molar-refractivity contribution < 1.29 is 9.90 Å². The molecule has 2 N–H and O–H groups in total. The Morgan fingerprint density at radius 1 is 0.963 bits per heavy atom. The lowest BCUT2D eigenvalue weighted by atomic mass is 10.0. The predicted molar refractivity (Wildman–Crippen MR) is 109 cm³/mol. The minimum atomic E-state index is -0.925. The third kappa shape index (κ3) is 3.32.